The van der Waals surface area contributed by atoms with Crippen LogP contribution in [0, 0.1) is 6.92 Å². The van der Waals surface area contributed by atoms with Gasteiger partial charge in [0.25, 0.3) is 0 Å². The van der Waals surface area contributed by atoms with Gasteiger partial charge in [0.2, 0.25) is 0 Å². The maximum Gasteiger partial charge on any atom is 0.0951 e. The second-order valence-electron chi connectivity index (χ2n) is 4.58. The summed E-state index contributed by atoms with van der Waals surface area (Å²) >= 11 is 0. The average Bonchev–Trinajstić information content (AvgIpc) is 2.88. The molecule has 19 heavy (non-hydrogen) atoms. The van der Waals surface area contributed by atoms with Gasteiger partial charge in [0.05, 0.1) is 24.8 Å². The molecule has 1 heterocycles. The number of aryl methyl sites for hydroxylation is 1. The highest BCUT2D eigenvalue weighted by molar-refractivity contribution is 5.59. The molecule has 1 aromatic heterocycles. The summed E-state index contributed by atoms with van der Waals surface area (Å²) in [7, 11) is 1.72. The first-order valence-corrected chi connectivity index (χ1v) is 6.58. The normalized spacial score (nSPS) is 10.8. The van der Waals surface area contributed by atoms with E-state index in [1.807, 2.05) is 12.5 Å². The van der Waals surface area contributed by atoms with E-state index in [-0.39, 0.29) is 0 Å². The number of rotatable bonds is 7. The van der Waals surface area contributed by atoms with Crippen LogP contribution in [0.4, 0.5) is 0 Å². The Morgan fingerprint density at radius 1 is 1.21 bits per heavy atom. The molecule has 0 aliphatic heterocycles. The highest BCUT2D eigenvalue weighted by Gasteiger charge is 2.04. The molecule has 0 amide bonds. The fraction of sp³-hybridized carbons (Fsp3) is 0.400. The van der Waals surface area contributed by atoms with Crippen LogP contribution in [0.3, 0.4) is 0 Å². The van der Waals surface area contributed by atoms with Gasteiger partial charge >= 0.3 is 0 Å². The Labute approximate surface area is 114 Å². The third kappa shape index (κ3) is 3.91. The van der Waals surface area contributed by atoms with Gasteiger partial charge in [-0.15, -0.1) is 0 Å². The quantitative estimate of drug-likeness (QED) is 0.774. The van der Waals surface area contributed by atoms with Crippen LogP contribution in [-0.2, 0) is 11.3 Å². The van der Waals surface area contributed by atoms with Crippen molar-refractivity contribution in [3.63, 3.8) is 0 Å². The minimum absolute atomic E-state index is 0.745. The number of ether oxygens (including phenoxy) is 1. The number of hydrogen-bond donors (Lipinski definition) is 1. The lowest BCUT2D eigenvalue weighted by molar-refractivity contribution is 0.199. The maximum atomic E-state index is 5.00. The monoisotopic (exact) mass is 259 g/mol. The van der Waals surface area contributed by atoms with Crippen molar-refractivity contribution in [1.29, 1.82) is 0 Å². The average molecular weight is 259 g/mol. The Morgan fingerprint density at radius 2 is 2.00 bits per heavy atom. The van der Waals surface area contributed by atoms with E-state index in [0.29, 0.717) is 0 Å². The molecule has 0 saturated heterocycles. The summed E-state index contributed by atoms with van der Waals surface area (Å²) in [5.41, 5.74) is 3.64. The third-order valence-electron chi connectivity index (χ3n) is 3.07. The first-order valence-electron chi connectivity index (χ1n) is 6.58. The predicted molar refractivity (Wildman–Crippen MR) is 77.1 cm³/mol. The topological polar surface area (TPSA) is 39.1 Å². The summed E-state index contributed by atoms with van der Waals surface area (Å²) < 4.78 is 7.17. The summed E-state index contributed by atoms with van der Waals surface area (Å²) in [6, 6.07) is 8.54. The van der Waals surface area contributed by atoms with Crippen molar-refractivity contribution in [1.82, 2.24) is 14.9 Å². The molecule has 0 bridgehead atoms. The molecule has 0 aliphatic carbocycles. The first-order chi connectivity index (χ1) is 9.31. The molecule has 0 radical (unpaired) electrons. The minimum atomic E-state index is 0.745. The Morgan fingerprint density at radius 3 is 2.74 bits per heavy atom. The number of benzene rings is 1. The van der Waals surface area contributed by atoms with Crippen molar-refractivity contribution in [3.05, 3.63) is 42.4 Å². The fourth-order valence-corrected chi connectivity index (χ4v) is 1.96. The molecule has 1 aromatic carbocycles. The molecular formula is C15H21N3O. The van der Waals surface area contributed by atoms with Gasteiger partial charge in [-0.1, -0.05) is 29.8 Å². The number of hydrogen-bond acceptors (Lipinski definition) is 3. The van der Waals surface area contributed by atoms with Crippen molar-refractivity contribution < 1.29 is 4.74 Å². The van der Waals surface area contributed by atoms with E-state index in [1.54, 1.807) is 7.11 Å². The molecule has 2 aromatic rings. The number of nitrogens with one attached hydrogen (secondary N) is 1. The van der Waals surface area contributed by atoms with Gasteiger partial charge in [0.1, 0.15) is 0 Å². The SMILES string of the molecule is COCCNCCn1cncc1-c1ccc(C)cc1. The fourth-order valence-electron chi connectivity index (χ4n) is 1.96. The Balaban J connectivity index is 1.96. The Kier molecular flexibility index (Phi) is 5.12. The van der Waals surface area contributed by atoms with Gasteiger partial charge in [-0.2, -0.15) is 0 Å². The van der Waals surface area contributed by atoms with Crippen LogP contribution < -0.4 is 5.32 Å². The zero-order chi connectivity index (χ0) is 13.5. The number of imidazole rings is 1. The minimum Gasteiger partial charge on any atom is -0.383 e. The molecule has 0 saturated carbocycles. The van der Waals surface area contributed by atoms with Crippen LogP contribution in [0.2, 0.25) is 0 Å². The van der Waals surface area contributed by atoms with E-state index in [2.05, 4.69) is 46.1 Å². The molecule has 0 fully saturated rings. The summed E-state index contributed by atoms with van der Waals surface area (Å²) in [6.07, 6.45) is 3.80. The standard InChI is InChI=1S/C15H21N3O/c1-13-3-5-14(6-4-13)15-11-17-12-18(15)9-7-16-8-10-19-2/h3-6,11-12,16H,7-10H2,1-2H3. The summed E-state index contributed by atoms with van der Waals surface area (Å²) in [5.74, 6) is 0. The molecule has 0 unspecified atom stereocenters. The van der Waals surface area contributed by atoms with Gasteiger partial charge < -0.3 is 14.6 Å². The highest BCUT2D eigenvalue weighted by atomic mass is 16.5. The maximum absolute atomic E-state index is 5.00. The van der Waals surface area contributed by atoms with Crippen molar-refractivity contribution in [2.45, 2.75) is 13.5 Å². The molecular weight excluding hydrogens is 238 g/mol. The summed E-state index contributed by atoms with van der Waals surface area (Å²) in [4.78, 5) is 4.25. The molecule has 102 valence electrons. The predicted octanol–water partition coefficient (Wildman–Crippen LogP) is 2.09. The first kappa shape index (κ1) is 13.8. The van der Waals surface area contributed by atoms with Gasteiger partial charge in [0, 0.05) is 26.7 Å². The smallest absolute Gasteiger partial charge is 0.0951 e. The second kappa shape index (κ2) is 7.07. The van der Waals surface area contributed by atoms with Crippen LogP contribution in [0.5, 0.6) is 0 Å². The van der Waals surface area contributed by atoms with E-state index in [9.17, 15) is 0 Å². The van der Waals surface area contributed by atoms with Gasteiger partial charge in [-0.05, 0) is 12.5 Å². The van der Waals surface area contributed by atoms with Crippen molar-refractivity contribution in [2.75, 3.05) is 26.8 Å². The van der Waals surface area contributed by atoms with E-state index < -0.39 is 0 Å². The molecule has 1 N–H and O–H groups in total. The Hall–Kier alpha value is -1.65. The van der Waals surface area contributed by atoms with E-state index >= 15 is 0 Å². The lowest BCUT2D eigenvalue weighted by atomic mass is 10.1. The zero-order valence-electron chi connectivity index (χ0n) is 11.6. The van der Waals surface area contributed by atoms with Crippen LogP contribution >= 0.6 is 0 Å². The molecule has 0 atom stereocenters. The lowest BCUT2D eigenvalue weighted by Crippen LogP contribution is -2.23. The summed E-state index contributed by atoms with van der Waals surface area (Å²) in [6.45, 7) is 5.55. The molecule has 4 heteroatoms. The van der Waals surface area contributed by atoms with Crippen molar-refractivity contribution in [3.8, 4) is 11.3 Å². The number of methoxy groups -OCH3 is 1. The van der Waals surface area contributed by atoms with Gasteiger partial charge in [0.15, 0.2) is 0 Å². The van der Waals surface area contributed by atoms with E-state index in [0.717, 1.165) is 31.9 Å². The molecule has 0 spiro atoms. The van der Waals surface area contributed by atoms with Crippen molar-refractivity contribution in [2.24, 2.45) is 0 Å². The van der Waals surface area contributed by atoms with Gasteiger partial charge in [-0.25, -0.2) is 4.98 Å². The number of nitrogens with zero attached hydrogens (tertiary/aromatic N) is 2. The summed E-state index contributed by atoms with van der Waals surface area (Å²) in [5, 5.41) is 3.34. The van der Waals surface area contributed by atoms with E-state index in [1.165, 1.54) is 11.1 Å². The van der Waals surface area contributed by atoms with Crippen LogP contribution in [-0.4, -0.2) is 36.4 Å². The van der Waals surface area contributed by atoms with E-state index in [4.69, 9.17) is 4.74 Å². The van der Waals surface area contributed by atoms with Crippen LogP contribution in [0.1, 0.15) is 5.56 Å². The number of aromatic nitrogens is 2. The largest absolute Gasteiger partial charge is 0.383 e. The van der Waals surface area contributed by atoms with Gasteiger partial charge in [-0.3, -0.25) is 0 Å². The molecule has 4 nitrogen and oxygen atoms in total. The molecule has 2 rings (SSSR count). The zero-order valence-corrected chi connectivity index (χ0v) is 11.6. The lowest BCUT2D eigenvalue weighted by Gasteiger charge is -2.09. The molecule has 0 aliphatic rings. The Bertz CT molecular complexity index is 490. The highest BCUT2D eigenvalue weighted by Crippen LogP contribution is 2.19. The second-order valence-corrected chi connectivity index (χ2v) is 4.58. The van der Waals surface area contributed by atoms with Crippen LogP contribution in [0.25, 0.3) is 11.3 Å². The van der Waals surface area contributed by atoms with Crippen LogP contribution in [0.15, 0.2) is 36.8 Å². The van der Waals surface area contributed by atoms with Crippen molar-refractivity contribution >= 4 is 0 Å². The third-order valence-corrected chi connectivity index (χ3v) is 3.07.